The zero-order valence-electron chi connectivity index (χ0n) is 15.2. The van der Waals surface area contributed by atoms with E-state index < -0.39 is 0 Å². The van der Waals surface area contributed by atoms with E-state index in [0.29, 0.717) is 37.8 Å². The van der Waals surface area contributed by atoms with Crippen molar-refractivity contribution in [2.24, 2.45) is 5.92 Å². The van der Waals surface area contributed by atoms with Crippen LogP contribution in [-0.2, 0) is 16.8 Å². The van der Waals surface area contributed by atoms with Crippen LogP contribution in [0.3, 0.4) is 0 Å². The highest BCUT2D eigenvalue weighted by Gasteiger charge is 2.46. The van der Waals surface area contributed by atoms with Gasteiger partial charge < -0.3 is 15.0 Å². The van der Waals surface area contributed by atoms with E-state index in [2.05, 4.69) is 15.3 Å². The number of anilines is 1. The molecule has 2 aromatic heterocycles. The molecule has 1 saturated heterocycles. The maximum atomic E-state index is 12.8. The summed E-state index contributed by atoms with van der Waals surface area (Å²) in [7, 11) is 0. The first-order valence-corrected chi connectivity index (χ1v) is 9.61. The third-order valence-corrected chi connectivity index (χ3v) is 5.80. The van der Waals surface area contributed by atoms with Gasteiger partial charge in [0.2, 0.25) is 5.95 Å². The van der Waals surface area contributed by atoms with Gasteiger partial charge in [-0.2, -0.15) is 0 Å². The molecule has 0 radical (unpaired) electrons. The Labute approximate surface area is 158 Å². The van der Waals surface area contributed by atoms with Crippen LogP contribution >= 0.6 is 0 Å². The number of rotatable bonds is 4. The van der Waals surface area contributed by atoms with Crippen molar-refractivity contribution in [2.45, 2.75) is 31.3 Å². The Morgan fingerprint density at radius 3 is 3.11 bits per heavy atom. The highest BCUT2D eigenvalue weighted by molar-refractivity contribution is 5.94. The predicted octanol–water partition coefficient (Wildman–Crippen LogP) is 2.01. The topological polar surface area (TPSA) is 80.2 Å². The second-order valence-electron chi connectivity index (χ2n) is 7.88. The fourth-order valence-corrected chi connectivity index (χ4v) is 4.07. The predicted molar refractivity (Wildman–Crippen MR) is 99.3 cm³/mol. The van der Waals surface area contributed by atoms with Gasteiger partial charge in [-0.05, 0) is 37.3 Å². The van der Waals surface area contributed by atoms with E-state index in [4.69, 9.17) is 9.72 Å². The number of pyridine rings is 1. The zero-order chi connectivity index (χ0) is 18.3. The molecule has 0 bridgehead atoms. The van der Waals surface area contributed by atoms with Gasteiger partial charge in [-0.3, -0.25) is 9.78 Å². The molecule has 7 nitrogen and oxygen atoms in total. The average molecular weight is 365 g/mol. The van der Waals surface area contributed by atoms with E-state index in [1.807, 2.05) is 17.2 Å². The monoisotopic (exact) mass is 365 g/mol. The number of ether oxygens (including phenoxy) is 1. The van der Waals surface area contributed by atoms with Crippen molar-refractivity contribution in [3.63, 3.8) is 0 Å². The number of nitrogens with one attached hydrogen (secondary N) is 1. The lowest BCUT2D eigenvalue weighted by Crippen LogP contribution is -2.41. The summed E-state index contributed by atoms with van der Waals surface area (Å²) < 4.78 is 5.86. The molecule has 2 aromatic rings. The van der Waals surface area contributed by atoms with Crippen molar-refractivity contribution < 1.29 is 9.53 Å². The molecule has 1 spiro atoms. The molecule has 140 valence electrons. The molecule has 2 fully saturated rings. The van der Waals surface area contributed by atoms with Gasteiger partial charge in [-0.1, -0.05) is 0 Å². The van der Waals surface area contributed by atoms with Crippen molar-refractivity contribution in [3.8, 4) is 0 Å². The second kappa shape index (κ2) is 6.56. The third-order valence-electron chi connectivity index (χ3n) is 5.80. The quantitative estimate of drug-likeness (QED) is 0.893. The van der Waals surface area contributed by atoms with Crippen LogP contribution in [0.5, 0.6) is 0 Å². The van der Waals surface area contributed by atoms with Crippen LogP contribution in [0.25, 0.3) is 0 Å². The number of carbonyl (C=O) groups is 1. The molecule has 0 aromatic carbocycles. The van der Waals surface area contributed by atoms with Crippen LogP contribution in [0.15, 0.2) is 30.7 Å². The number of carbonyl (C=O) groups excluding carboxylic acids is 1. The number of hydrogen-bond acceptors (Lipinski definition) is 6. The molecule has 3 aliphatic rings. The molecular formula is C20H23N5O2. The number of aromatic nitrogens is 3. The van der Waals surface area contributed by atoms with Gasteiger partial charge >= 0.3 is 0 Å². The van der Waals surface area contributed by atoms with Crippen LogP contribution in [0.4, 0.5) is 5.95 Å². The molecule has 1 amide bonds. The molecule has 0 unspecified atom stereocenters. The number of nitrogens with zero attached hydrogens (tertiary/aromatic N) is 4. The van der Waals surface area contributed by atoms with Gasteiger partial charge in [0.25, 0.3) is 5.91 Å². The molecule has 27 heavy (non-hydrogen) atoms. The van der Waals surface area contributed by atoms with Crippen LogP contribution in [0.1, 0.15) is 40.9 Å². The van der Waals surface area contributed by atoms with Gasteiger partial charge in [-0.25, -0.2) is 9.97 Å². The number of likely N-dealkylation sites (tertiary alicyclic amines) is 1. The Bertz CT molecular complexity index is 855. The summed E-state index contributed by atoms with van der Waals surface area (Å²) in [5.74, 6) is 1.48. The van der Waals surface area contributed by atoms with Crippen LogP contribution in [-0.4, -0.2) is 52.0 Å². The lowest BCUT2D eigenvalue weighted by Gasteiger charge is -2.34. The van der Waals surface area contributed by atoms with Crippen LogP contribution in [0, 0.1) is 5.92 Å². The zero-order valence-corrected chi connectivity index (χ0v) is 15.2. The molecule has 5 rings (SSSR count). The van der Waals surface area contributed by atoms with Crippen LogP contribution < -0.4 is 5.32 Å². The third kappa shape index (κ3) is 3.16. The molecule has 1 N–H and O–H groups in total. The highest BCUT2D eigenvalue weighted by Crippen LogP contribution is 2.39. The Hall–Kier alpha value is -2.54. The van der Waals surface area contributed by atoms with Gasteiger partial charge in [0.15, 0.2) is 0 Å². The number of fused-ring (bicyclic) bond motifs is 2. The van der Waals surface area contributed by atoms with Crippen molar-refractivity contribution in [1.29, 1.82) is 0 Å². The first-order valence-electron chi connectivity index (χ1n) is 9.61. The summed E-state index contributed by atoms with van der Waals surface area (Å²) in [5.41, 5.74) is 2.46. The maximum absolute atomic E-state index is 12.8. The second-order valence-corrected chi connectivity index (χ2v) is 7.88. The van der Waals surface area contributed by atoms with E-state index in [9.17, 15) is 4.79 Å². The largest absolute Gasteiger partial charge is 0.376 e. The van der Waals surface area contributed by atoms with E-state index in [-0.39, 0.29) is 11.3 Å². The molecule has 2 aliphatic heterocycles. The smallest absolute Gasteiger partial charge is 0.255 e. The average Bonchev–Trinajstić information content (AvgIpc) is 3.46. The van der Waals surface area contributed by atoms with Gasteiger partial charge in [0, 0.05) is 43.8 Å². The number of hydrogen-bond donors (Lipinski definition) is 1. The van der Waals surface area contributed by atoms with E-state index in [0.717, 1.165) is 30.1 Å². The lowest BCUT2D eigenvalue weighted by molar-refractivity contribution is 0.0485. The molecule has 7 heteroatoms. The van der Waals surface area contributed by atoms with Gasteiger partial charge in [0.05, 0.1) is 29.9 Å². The SMILES string of the molecule is O=C(c1cccnc1)N1CC[C@@]2(COCc3cnc(NCC4CC4)nc32)C1. The van der Waals surface area contributed by atoms with Crippen molar-refractivity contribution >= 4 is 11.9 Å². The first kappa shape index (κ1) is 16.6. The molecule has 1 saturated carbocycles. The fourth-order valence-electron chi connectivity index (χ4n) is 4.07. The standard InChI is InChI=1S/C20H23N5O2/c26-18(15-2-1-6-21-9-15)25-7-5-20(12-25)13-27-11-16-10-23-19(24-17(16)20)22-8-14-3-4-14/h1-2,6,9-10,14H,3-5,7-8,11-13H2,(H,22,23,24)/t20-/m0/s1. The van der Waals surface area contributed by atoms with E-state index in [1.165, 1.54) is 12.8 Å². The minimum absolute atomic E-state index is 0.0215. The van der Waals surface area contributed by atoms with E-state index >= 15 is 0 Å². The van der Waals surface area contributed by atoms with Gasteiger partial charge in [-0.15, -0.1) is 0 Å². The fraction of sp³-hybridized carbons (Fsp3) is 0.500. The van der Waals surface area contributed by atoms with Crippen molar-refractivity contribution in [1.82, 2.24) is 19.9 Å². The minimum atomic E-state index is -0.246. The van der Waals surface area contributed by atoms with Gasteiger partial charge in [0.1, 0.15) is 0 Å². The Morgan fingerprint density at radius 1 is 1.37 bits per heavy atom. The lowest BCUT2D eigenvalue weighted by atomic mass is 9.80. The summed E-state index contributed by atoms with van der Waals surface area (Å²) in [6.45, 7) is 3.39. The van der Waals surface area contributed by atoms with Crippen molar-refractivity contribution in [3.05, 3.63) is 47.5 Å². The molecule has 1 aliphatic carbocycles. The Morgan fingerprint density at radius 2 is 2.30 bits per heavy atom. The highest BCUT2D eigenvalue weighted by atomic mass is 16.5. The van der Waals surface area contributed by atoms with E-state index in [1.54, 1.807) is 18.5 Å². The molecule has 4 heterocycles. The number of amides is 1. The van der Waals surface area contributed by atoms with Crippen LogP contribution in [0.2, 0.25) is 0 Å². The summed E-state index contributed by atoms with van der Waals surface area (Å²) >= 11 is 0. The first-order chi connectivity index (χ1) is 13.2. The normalized spacial score (nSPS) is 24.1. The molecule has 1 atom stereocenters. The Balaban J connectivity index is 1.39. The summed E-state index contributed by atoms with van der Waals surface area (Å²) in [6.07, 6.45) is 8.62. The maximum Gasteiger partial charge on any atom is 0.255 e. The minimum Gasteiger partial charge on any atom is -0.376 e. The molecular weight excluding hydrogens is 342 g/mol. The summed E-state index contributed by atoms with van der Waals surface area (Å²) in [5, 5.41) is 3.37. The van der Waals surface area contributed by atoms with Crippen molar-refractivity contribution in [2.75, 3.05) is 31.6 Å². The summed E-state index contributed by atoms with van der Waals surface area (Å²) in [4.78, 5) is 28.1. The summed E-state index contributed by atoms with van der Waals surface area (Å²) in [6, 6.07) is 3.61. The Kier molecular flexibility index (Phi) is 4.04.